The lowest BCUT2D eigenvalue weighted by molar-refractivity contribution is -0.118. The van der Waals surface area contributed by atoms with Crippen LogP contribution >= 0.6 is 0 Å². The predicted molar refractivity (Wildman–Crippen MR) is 137 cm³/mol. The van der Waals surface area contributed by atoms with Gasteiger partial charge in [0.25, 0.3) is 0 Å². The maximum Gasteiger partial charge on any atom is 0.246 e. The van der Waals surface area contributed by atoms with Gasteiger partial charge in [-0.1, -0.05) is 74.0 Å². The quantitative estimate of drug-likeness (QED) is 0.426. The second kappa shape index (κ2) is 11.4. The van der Waals surface area contributed by atoms with E-state index in [-0.39, 0.29) is 16.8 Å². The molecule has 7 heteroatoms. The first-order valence-electron chi connectivity index (χ1n) is 11.5. The highest BCUT2D eigenvalue weighted by molar-refractivity contribution is 7.89. The number of rotatable bonds is 10. The van der Waals surface area contributed by atoms with Gasteiger partial charge in [-0.3, -0.25) is 10.1 Å². The van der Waals surface area contributed by atoms with Gasteiger partial charge in [0.05, 0.1) is 4.90 Å². The number of hydrogen-bond acceptors (Lipinski definition) is 4. The van der Waals surface area contributed by atoms with Crippen LogP contribution in [0.4, 0.5) is 5.69 Å². The average Bonchev–Trinajstić information content (AvgIpc) is 2.85. The topological polar surface area (TPSA) is 78.5 Å². The van der Waals surface area contributed by atoms with Gasteiger partial charge in [-0.25, -0.2) is 8.42 Å². The number of hydrogen-bond donors (Lipinski definition) is 2. The number of sulfonamides is 1. The summed E-state index contributed by atoms with van der Waals surface area (Å²) in [7, 11) is -3.51. The molecule has 180 valence electrons. The number of nitrogens with one attached hydrogen (secondary N) is 2. The minimum Gasteiger partial charge on any atom is -0.324 e. The number of carbonyl (C=O) groups is 1. The molecule has 3 aromatic rings. The fraction of sp³-hybridized carbons (Fsp3) is 0.296. The van der Waals surface area contributed by atoms with Crippen molar-refractivity contribution in [1.29, 1.82) is 0 Å². The molecule has 0 saturated carbocycles. The van der Waals surface area contributed by atoms with E-state index in [4.69, 9.17) is 0 Å². The Hall–Kier alpha value is -3.00. The van der Waals surface area contributed by atoms with E-state index in [1.54, 1.807) is 24.3 Å². The fourth-order valence-electron chi connectivity index (χ4n) is 3.81. The number of aryl methyl sites for hydroxylation is 1. The van der Waals surface area contributed by atoms with Crippen LogP contribution in [0.15, 0.2) is 83.8 Å². The molecule has 0 saturated heterocycles. The summed E-state index contributed by atoms with van der Waals surface area (Å²) in [6, 6.07) is 23.3. The first kappa shape index (κ1) is 25.6. The molecule has 2 atom stereocenters. The molecule has 0 radical (unpaired) electrons. The fourth-order valence-corrected chi connectivity index (χ4v) is 5.27. The van der Waals surface area contributed by atoms with Crippen molar-refractivity contribution >= 4 is 21.6 Å². The number of nitrogens with zero attached hydrogens (tertiary/aromatic N) is 1. The van der Waals surface area contributed by atoms with Crippen LogP contribution in [0.1, 0.15) is 49.5 Å². The van der Waals surface area contributed by atoms with Gasteiger partial charge >= 0.3 is 0 Å². The normalized spacial score (nSPS) is 13.4. The lowest BCUT2D eigenvalue weighted by Crippen LogP contribution is -2.34. The van der Waals surface area contributed by atoms with Crippen molar-refractivity contribution in [2.45, 2.75) is 44.7 Å². The third-order valence-electron chi connectivity index (χ3n) is 5.85. The highest BCUT2D eigenvalue weighted by atomic mass is 32.2. The van der Waals surface area contributed by atoms with Crippen LogP contribution < -0.4 is 10.6 Å². The maximum absolute atomic E-state index is 13.2. The van der Waals surface area contributed by atoms with E-state index in [1.807, 2.05) is 82.3 Å². The Kier molecular flexibility index (Phi) is 8.61. The molecule has 0 bridgehead atoms. The van der Waals surface area contributed by atoms with E-state index in [0.717, 1.165) is 22.4 Å². The number of anilines is 1. The molecule has 3 rings (SSSR count). The van der Waals surface area contributed by atoms with Crippen molar-refractivity contribution in [1.82, 2.24) is 9.62 Å². The zero-order valence-electron chi connectivity index (χ0n) is 20.2. The maximum atomic E-state index is 13.2. The van der Waals surface area contributed by atoms with Crippen molar-refractivity contribution in [3.63, 3.8) is 0 Å². The van der Waals surface area contributed by atoms with Crippen molar-refractivity contribution in [2.75, 3.05) is 18.4 Å². The van der Waals surface area contributed by atoms with Crippen LogP contribution in [-0.2, 0) is 14.8 Å². The summed E-state index contributed by atoms with van der Waals surface area (Å²) in [4.78, 5) is 13.5. The Labute approximate surface area is 203 Å². The van der Waals surface area contributed by atoms with Gasteiger partial charge < -0.3 is 5.32 Å². The zero-order valence-corrected chi connectivity index (χ0v) is 21.0. The van der Waals surface area contributed by atoms with Crippen LogP contribution in [0, 0.1) is 6.92 Å². The van der Waals surface area contributed by atoms with Gasteiger partial charge in [0.15, 0.2) is 0 Å². The zero-order chi connectivity index (χ0) is 24.7. The van der Waals surface area contributed by atoms with Crippen LogP contribution in [0.25, 0.3) is 0 Å². The SMILES string of the molecule is CCN(CC)S(=O)(=O)c1ccc(C(C)NC(C(=O)Nc2ccc(C)cc2)c2ccccc2)cc1. The Morgan fingerprint density at radius 1 is 0.853 bits per heavy atom. The molecule has 0 heterocycles. The van der Waals surface area contributed by atoms with Crippen LogP contribution in [0.3, 0.4) is 0 Å². The Morgan fingerprint density at radius 2 is 1.44 bits per heavy atom. The molecule has 2 N–H and O–H groups in total. The summed E-state index contributed by atoms with van der Waals surface area (Å²) in [6.45, 7) is 8.46. The van der Waals surface area contributed by atoms with Crippen molar-refractivity contribution in [3.05, 3.63) is 95.6 Å². The minimum atomic E-state index is -3.51. The van der Waals surface area contributed by atoms with E-state index in [0.29, 0.717) is 13.1 Å². The molecule has 0 aliphatic heterocycles. The van der Waals surface area contributed by atoms with E-state index in [2.05, 4.69) is 10.6 Å². The second-order valence-electron chi connectivity index (χ2n) is 8.25. The molecule has 0 aliphatic carbocycles. The van der Waals surface area contributed by atoms with Gasteiger partial charge in [-0.15, -0.1) is 0 Å². The Bertz CT molecular complexity index is 1170. The van der Waals surface area contributed by atoms with Gasteiger partial charge in [-0.2, -0.15) is 4.31 Å². The molecule has 1 amide bonds. The Morgan fingerprint density at radius 3 is 2.00 bits per heavy atom. The predicted octanol–water partition coefficient (Wildman–Crippen LogP) is 5.06. The van der Waals surface area contributed by atoms with Crippen LogP contribution in [0.2, 0.25) is 0 Å². The van der Waals surface area contributed by atoms with E-state index < -0.39 is 16.1 Å². The largest absolute Gasteiger partial charge is 0.324 e. The monoisotopic (exact) mass is 479 g/mol. The summed E-state index contributed by atoms with van der Waals surface area (Å²) < 4.78 is 27.0. The lowest BCUT2D eigenvalue weighted by atomic mass is 10.0. The molecular weight excluding hydrogens is 446 g/mol. The van der Waals surface area contributed by atoms with Crippen molar-refractivity contribution < 1.29 is 13.2 Å². The minimum absolute atomic E-state index is 0.164. The van der Waals surface area contributed by atoms with E-state index >= 15 is 0 Å². The van der Waals surface area contributed by atoms with E-state index in [1.165, 1.54) is 4.31 Å². The standard InChI is InChI=1S/C27H33N3O3S/c1-5-30(6-2)34(32,33)25-18-14-22(15-19-25)21(4)28-26(23-10-8-7-9-11-23)27(31)29-24-16-12-20(3)13-17-24/h7-19,21,26,28H,5-6H2,1-4H3,(H,29,31). The number of amides is 1. The molecule has 34 heavy (non-hydrogen) atoms. The lowest BCUT2D eigenvalue weighted by Gasteiger charge is -2.24. The third kappa shape index (κ3) is 6.11. The summed E-state index contributed by atoms with van der Waals surface area (Å²) in [5, 5.41) is 6.40. The van der Waals surface area contributed by atoms with Crippen molar-refractivity contribution in [3.8, 4) is 0 Å². The smallest absolute Gasteiger partial charge is 0.246 e. The molecule has 0 fully saturated rings. The summed E-state index contributed by atoms with van der Waals surface area (Å²) in [5.74, 6) is -0.164. The first-order chi connectivity index (χ1) is 16.3. The van der Waals surface area contributed by atoms with Gasteiger partial charge in [0.2, 0.25) is 15.9 Å². The summed E-state index contributed by atoms with van der Waals surface area (Å²) in [5.41, 5.74) is 3.59. The summed E-state index contributed by atoms with van der Waals surface area (Å²) in [6.07, 6.45) is 0. The van der Waals surface area contributed by atoms with Gasteiger partial charge in [0.1, 0.15) is 6.04 Å². The highest BCUT2D eigenvalue weighted by Crippen LogP contribution is 2.24. The van der Waals surface area contributed by atoms with Gasteiger partial charge in [-0.05, 0) is 49.2 Å². The summed E-state index contributed by atoms with van der Waals surface area (Å²) >= 11 is 0. The van der Waals surface area contributed by atoms with Crippen LogP contribution in [-0.4, -0.2) is 31.7 Å². The number of benzene rings is 3. The van der Waals surface area contributed by atoms with Crippen molar-refractivity contribution in [2.24, 2.45) is 0 Å². The van der Waals surface area contributed by atoms with E-state index in [9.17, 15) is 13.2 Å². The number of carbonyl (C=O) groups excluding carboxylic acids is 1. The first-order valence-corrected chi connectivity index (χ1v) is 13.0. The molecule has 6 nitrogen and oxygen atoms in total. The molecule has 0 aromatic heterocycles. The molecule has 2 unspecified atom stereocenters. The third-order valence-corrected chi connectivity index (χ3v) is 7.92. The molecule has 0 aliphatic rings. The molecule has 0 spiro atoms. The molecular formula is C27H33N3O3S. The second-order valence-corrected chi connectivity index (χ2v) is 10.2. The highest BCUT2D eigenvalue weighted by Gasteiger charge is 2.24. The average molecular weight is 480 g/mol. The Balaban J connectivity index is 1.81. The molecule has 3 aromatic carbocycles. The van der Waals surface area contributed by atoms with Crippen LogP contribution in [0.5, 0.6) is 0 Å². The van der Waals surface area contributed by atoms with Gasteiger partial charge in [0, 0.05) is 24.8 Å².